The van der Waals surface area contributed by atoms with Crippen LogP contribution in [-0.4, -0.2) is 34.5 Å². The third kappa shape index (κ3) is 7.23. The maximum Gasteiger partial charge on any atom is 0.182 e. The Hall–Kier alpha value is -0.750. The molecule has 100 valence electrons. The van der Waals surface area contributed by atoms with Crippen LogP contribution in [0.4, 0.5) is 0 Å². The lowest BCUT2D eigenvalue weighted by Gasteiger charge is -1.95. The fourth-order valence-electron chi connectivity index (χ4n) is 0.816. The van der Waals surface area contributed by atoms with E-state index in [1.54, 1.807) is 7.11 Å². The van der Waals surface area contributed by atoms with Gasteiger partial charge in [0.15, 0.2) is 16.1 Å². The van der Waals surface area contributed by atoms with Gasteiger partial charge < -0.3 is 4.74 Å². The summed E-state index contributed by atoms with van der Waals surface area (Å²) in [5.41, 5.74) is 0.358. The Balaban J connectivity index is 0. The Kier molecular flexibility index (Phi) is 12.8. The SMILES string of the molecule is CC.CC.COCCn1nc(Br)c(C(C)=O)n1. The summed E-state index contributed by atoms with van der Waals surface area (Å²) in [6, 6.07) is 0. The molecule has 0 spiro atoms. The summed E-state index contributed by atoms with van der Waals surface area (Å²) in [5.74, 6) is -0.101. The maximum atomic E-state index is 11.0. The standard InChI is InChI=1S/C7H10BrN3O2.2C2H6/c1-5(12)6-7(8)10-11(9-6)3-4-13-2;2*1-2/h3-4H2,1-2H3;2*1-2H3. The number of aromatic nitrogens is 3. The summed E-state index contributed by atoms with van der Waals surface area (Å²) in [6.07, 6.45) is 0. The summed E-state index contributed by atoms with van der Waals surface area (Å²) >= 11 is 3.15. The minimum Gasteiger partial charge on any atom is -0.383 e. The molecule has 1 rings (SSSR count). The number of methoxy groups -OCH3 is 1. The third-order valence-corrected chi connectivity index (χ3v) is 1.98. The fourth-order valence-corrected chi connectivity index (χ4v) is 1.36. The largest absolute Gasteiger partial charge is 0.383 e. The monoisotopic (exact) mass is 307 g/mol. The summed E-state index contributed by atoms with van der Waals surface area (Å²) < 4.78 is 5.34. The zero-order valence-electron chi connectivity index (χ0n) is 11.5. The van der Waals surface area contributed by atoms with Crippen molar-refractivity contribution in [2.45, 2.75) is 41.2 Å². The van der Waals surface area contributed by atoms with E-state index in [9.17, 15) is 4.79 Å². The highest BCUT2D eigenvalue weighted by atomic mass is 79.9. The number of hydrogen-bond acceptors (Lipinski definition) is 4. The van der Waals surface area contributed by atoms with Crippen molar-refractivity contribution in [1.29, 1.82) is 0 Å². The molecule has 0 atom stereocenters. The van der Waals surface area contributed by atoms with Crippen molar-refractivity contribution in [3.63, 3.8) is 0 Å². The number of ketones is 1. The van der Waals surface area contributed by atoms with Crippen molar-refractivity contribution < 1.29 is 9.53 Å². The first kappa shape index (κ1) is 18.6. The van der Waals surface area contributed by atoms with Crippen molar-refractivity contribution in [2.75, 3.05) is 13.7 Å². The van der Waals surface area contributed by atoms with Gasteiger partial charge in [-0.3, -0.25) is 4.79 Å². The van der Waals surface area contributed by atoms with Gasteiger partial charge in [0.2, 0.25) is 0 Å². The maximum absolute atomic E-state index is 11.0. The highest BCUT2D eigenvalue weighted by molar-refractivity contribution is 9.10. The number of hydrogen-bond donors (Lipinski definition) is 0. The molecular formula is C11H22BrN3O2. The molecule has 1 aromatic rings. The molecule has 0 saturated heterocycles. The van der Waals surface area contributed by atoms with Crippen molar-refractivity contribution >= 4 is 21.7 Å². The first-order valence-corrected chi connectivity index (χ1v) is 6.55. The van der Waals surface area contributed by atoms with Crippen molar-refractivity contribution in [2.24, 2.45) is 0 Å². The molecule has 0 aromatic carbocycles. The molecule has 1 aromatic heterocycles. The number of carbonyl (C=O) groups is 1. The van der Waals surface area contributed by atoms with Crippen LogP contribution in [0.2, 0.25) is 0 Å². The van der Waals surface area contributed by atoms with Crippen LogP contribution in [-0.2, 0) is 11.3 Å². The van der Waals surface area contributed by atoms with Crippen LogP contribution in [0.5, 0.6) is 0 Å². The van der Waals surface area contributed by atoms with E-state index in [-0.39, 0.29) is 5.78 Å². The Morgan fingerprint density at radius 2 is 1.82 bits per heavy atom. The Morgan fingerprint density at radius 1 is 1.29 bits per heavy atom. The van der Waals surface area contributed by atoms with E-state index in [1.807, 2.05) is 27.7 Å². The minimum absolute atomic E-state index is 0.101. The molecule has 5 nitrogen and oxygen atoms in total. The molecule has 0 radical (unpaired) electrons. The van der Waals surface area contributed by atoms with Crippen LogP contribution in [0.1, 0.15) is 45.1 Å². The zero-order valence-corrected chi connectivity index (χ0v) is 13.0. The summed E-state index contributed by atoms with van der Waals surface area (Å²) in [7, 11) is 1.60. The van der Waals surface area contributed by atoms with Gasteiger partial charge >= 0.3 is 0 Å². The third-order valence-electron chi connectivity index (χ3n) is 1.44. The molecule has 17 heavy (non-hydrogen) atoms. The quantitative estimate of drug-likeness (QED) is 0.803. The fraction of sp³-hybridized carbons (Fsp3) is 0.727. The predicted molar refractivity (Wildman–Crippen MR) is 72.3 cm³/mol. The van der Waals surface area contributed by atoms with Gasteiger partial charge in [0.1, 0.15) is 0 Å². The summed E-state index contributed by atoms with van der Waals surface area (Å²) in [5, 5.41) is 7.97. The van der Waals surface area contributed by atoms with E-state index < -0.39 is 0 Å². The van der Waals surface area contributed by atoms with Crippen molar-refractivity contribution in [3.8, 4) is 0 Å². The Morgan fingerprint density at radius 3 is 2.18 bits per heavy atom. The zero-order chi connectivity index (χ0) is 13.8. The van der Waals surface area contributed by atoms with Crippen LogP contribution in [0.3, 0.4) is 0 Å². The lowest BCUT2D eigenvalue weighted by Crippen LogP contribution is -2.08. The van der Waals surface area contributed by atoms with Crippen LogP contribution < -0.4 is 0 Å². The predicted octanol–water partition coefficient (Wildman–Crippen LogP) is 2.94. The normalized spacial score (nSPS) is 8.65. The average molecular weight is 308 g/mol. The number of nitrogens with zero attached hydrogens (tertiary/aromatic N) is 3. The molecule has 0 aliphatic rings. The summed E-state index contributed by atoms with van der Waals surface area (Å²) in [6.45, 7) is 10.5. The highest BCUT2D eigenvalue weighted by Crippen LogP contribution is 2.10. The molecule has 0 aliphatic heterocycles. The van der Waals surface area contributed by atoms with E-state index in [0.717, 1.165) is 0 Å². The van der Waals surface area contributed by atoms with Gasteiger partial charge in [0.25, 0.3) is 0 Å². The molecule has 0 bridgehead atoms. The second-order valence-corrected chi connectivity index (χ2v) is 3.24. The minimum atomic E-state index is -0.101. The first-order valence-electron chi connectivity index (χ1n) is 5.75. The van der Waals surface area contributed by atoms with Crippen molar-refractivity contribution in [1.82, 2.24) is 15.0 Å². The van der Waals surface area contributed by atoms with Crippen LogP contribution in [0.25, 0.3) is 0 Å². The molecule has 0 aliphatic carbocycles. The van der Waals surface area contributed by atoms with Crippen LogP contribution in [0.15, 0.2) is 4.60 Å². The number of ether oxygens (including phenoxy) is 1. The Bertz CT molecular complexity index is 314. The van der Waals surface area contributed by atoms with Gasteiger partial charge in [-0.15, -0.1) is 10.2 Å². The second-order valence-electron chi connectivity index (χ2n) is 2.48. The van der Waals surface area contributed by atoms with E-state index in [0.29, 0.717) is 23.4 Å². The highest BCUT2D eigenvalue weighted by Gasteiger charge is 2.11. The molecular weight excluding hydrogens is 286 g/mol. The lowest BCUT2D eigenvalue weighted by molar-refractivity contribution is 0.101. The van der Waals surface area contributed by atoms with E-state index in [4.69, 9.17) is 4.74 Å². The van der Waals surface area contributed by atoms with Gasteiger partial charge in [0.05, 0.1) is 13.2 Å². The van der Waals surface area contributed by atoms with Gasteiger partial charge in [-0.2, -0.15) is 4.80 Å². The van der Waals surface area contributed by atoms with E-state index in [2.05, 4.69) is 26.1 Å². The number of rotatable bonds is 4. The number of carbonyl (C=O) groups excluding carboxylic acids is 1. The second kappa shape index (κ2) is 11.7. The summed E-state index contributed by atoms with van der Waals surface area (Å²) in [4.78, 5) is 12.4. The average Bonchev–Trinajstić information content (AvgIpc) is 2.73. The van der Waals surface area contributed by atoms with Gasteiger partial charge in [-0.1, -0.05) is 27.7 Å². The molecule has 0 saturated carbocycles. The van der Waals surface area contributed by atoms with E-state index in [1.165, 1.54) is 11.7 Å². The van der Waals surface area contributed by atoms with Gasteiger partial charge in [-0.05, 0) is 15.9 Å². The molecule has 6 heteroatoms. The topological polar surface area (TPSA) is 57.0 Å². The smallest absolute Gasteiger partial charge is 0.182 e. The molecule has 1 heterocycles. The molecule has 0 fully saturated rings. The molecule has 0 amide bonds. The number of Topliss-reactive ketones (excluding diaryl/α,β-unsaturated/α-hetero) is 1. The first-order chi connectivity index (χ1) is 8.15. The van der Waals surface area contributed by atoms with E-state index >= 15 is 0 Å². The van der Waals surface area contributed by atoms with Gasteiger partial charge in [-0.25, -0.2) is 0 Å². The van der Waals surface area contributed by atoms with Crippen LogP contribution in [0, 0.1) is 0 Å². The Labute approximate surface area is 112 Å². The molecule has 0 unspecified atom stereocenters. The van der Waals surface area contributed by atoms with Gasteiger partial charge in [0, 0.05) is 14.0 Å². The van der Waals surface area contributed by atoms with Crippen LogP contribution >= 0.6 is 15.9 Å². The molecule has 0 N–H and O–H groups in total. The lowest BCUT2D eigenvalue weighted by atomic mass is 10.3. The van der Waals surface area contributed by atoms with Crippen molar-refractivity contribution in [3.05, 3.63) is 10.3 Å². The number of halogens is 1.